The molecule has 3 rings (SSSR count). The molecule has 2 aromatic carbocycles. The van der Waals surface area contributed by atoms with Gasteiger partial charge in [-0.2, -0.15) is 4.80 Å². The van der Waals surface area contributed by atoms with E-state index in [1.54, 1.807) is 18.2 Å². The van der Waals surface area contributed by atoms with E-state index in [0.29, 0.717) is 22.9 Å². The molecular weight excluding hydrogens is 428 g/mol. The van der Waals surface area contributed by atoms with Gasteiger partial charge in [0.25, 0.3) is 0 Å². The van der Waals surface area contributed by atoms with Crippen molar-refractivity contribution in [1.29, 1.82) is 0 Å². The fraction of sp³-hybridized carbons (Fsp3) is 0.263. The molecule has 0 saturated carbocycles. The number of benzene rings is 2. The molecule has 1 atom stereocenters. The molecule has 0 spiro atoms. The first-order chi connectivity index (χ1) is 13.5. The summed E-state index contributed by atoms with van der Waals surface area (Å²) in [5.41, 5.74) is 1.35. The summed E-state index contributed by atoms with van der Waals surface area (Å²) in [6.07, 6.45) is -0.857. The number of carbonyl (C=O) groups excluding carboxylic acids is 1. The average Bonchev–Trinajstić information content (AvgIpc) is 3.15. The number of rotatable bonds is 8. The Morgan fingerprint density at radius 2 is 1.96 bits per heavy atom. The number of ether oxygens (including phenoxy) is 2. The smallest absolute Gasteiger partial charge is 0.204 e. The molecule has 1 N–H and O–H groups in total. The summed E-state index contributed by atoms with van der Waals surface area (Å²) in [6, 6.07) is 12.4. The van der Waals surface area contributed by atoms with E-state index in [1.807, 2.05) is 24.3 Å². The fourth-order valence-corrected chi connectivity index (χ4v) is 2.73. The molecular formula is C19H19BrN4O4. The van der Waals surface area contributed by atoms with Crippen LogP contribution < -0.4 is 9.47 Å². The van der Waals surface area contributed by atoms with Gasteiger partial charge in [0.1, 0.15) is 12.7 Å². The summed E-state index contributed by atoms with van der Waals surface area (Å²) in [5.74, 6) is 1.27. The molecule has 0 radical (unpaired) electrons. The minimum atomic E-state index is -0.857. The Balaban J connectivity index is 1.60. The van der Waals surface area contributed by atoms with Crippen LogP contribution in [-0.4, -0.2) is 50.9 Å². The summed E-state index contributed by atoms with van der Waals surface area (Å²) in [4.78, 5) is 12.8. The number of aliphatic hydroxyl groups excluding tert-OH is 1. The monoisotopic (exact) mass is 446 g/mol. The summed E-state index contributed by atoms with van der Waals surface area (Å²) in [6.45, 7) is 1.61. The normalized spacial score (nSPS) is 11.9. The van der Waals surface area contributed by atoms with E-state index in [-0.39, 0.29) is 18.9 Å². The third-order valence-electron chi connectivity index (χ3n) is 3.93. The maximum atomic E-state index is 11.5. The first-order valence-corrected chi connectivity index (χ1v) is 9.29. The van der Waals surface area contributed by atoms with Gasteiger partial charge in [0.15, 0.2) is 17.3 Å². The second-order valence-corrected chi connectivity index (χ2v) is 6.98. The summed E-state index contributed by atoms with van der Waals surface area (Å²) in [5, 5.41) is 22.5. The van der Waals surface area contributed by atoms with Crippen LogP contribution in [0.5, 0.6) is 11.5 Å². The number of halogens is 1. The van der Waals surface area contributed by atoms with E-state index in [4.69, 9.17) is 9.47 Å². The minimum Gasteiger partial charge on any atom is -0.493 e. The molecule has 1 aromatic heterocycles. The van der Waals surface area contributed by atoms with Crippen molar-refractivity contribution in [2.75, 3.05) is 13.7 Å². The SMILES string of the molecule is COc1cc(C(C)=O)ccc1OC[C@@H](O)Cn1nnc(-c2ccc(Br)cc2)n1. The molecule has 28 heavy (non-hydrogen) atoms. The summed E-state index contributed by atoms with van der Waals surface area (Å²) in [7, 11) is 1.49. The fourth-order valence-electron chi connectivity index (χ4n) is 2.47. The van der Waals surface area contributed by atoms with Crippen LogP contribution in [0.4, 0.5) is 0 Å². The van der Waals surface area contributed by atoms with Crippen LogP contribution in [0.25, 0.3) is 11.4 Å². The van der Waals surface area contributed by atoms with Crippen LogP contribution in [0, 0.1) is 0 Å². The zero-order valence-electron chi connectivity index (χ0n) is 15.4. The Hall–Kier alpha value is -2.78. The zero-order chi connectivity index (χ0) is 20.1. The highest BCUT2D eigenvalue weighted by Crippen LogP contribution is 2.28. The summed E-state index contributed by atoms with van der Waals surface area (Å²) < 4.78 is 11.8. The van der Waals surface area contributed by atoms with Crippen LogP contribution in [0.1, 0.15) is 17.3 Å². The Bertz CT molecular complexity index is 959. The van der Waals surface area contributed by atoms with Crippen LogP contribution in [0.2, 0.25) is 0 Å². The highest BCUT2D eigenvalue weighted by Gasteiger charge is 2.14. The van der Waals surface area contributed by atoms with Gasteiger partial charge in [-0.05, 0) is 54.6 Å². The second kappa shape index (κ2) is 8.94. The molecule has 0 unspecified atom stereocenters. The topological polar surface area (TPSA) is 99.4 Å². The number of tetrazole rings is 1. The molecule has 8 nitrogen and oxygen atoms in total. The van der Waals surface area contributed by atoms with Gasteiger partial charge in [0.05, 0.1) is 13.7 Å². The lowest BCUT2D eigenvalue weighted by Crippen LogP contribution is -2.25. The number of carbonyl (C=O) groups is 1. The maximum Gasteiger partial charge on any atom is 0.204 e. The quantitative estimate of drug-likeness (QED) is 0.530. The van der Waals surface area contributed by atoms with Gasteiger partial charge in [-0.3, -0.25) is 4.79 Å². The van der Waals surface area contributed by atoms with Gasteiger partial charge in [0.2, 0.25) is 5.82 Å². The number of nitrogens with zero attached hydrogens (tertiary/aromatic N) is 4. The third kappa shape index (κ3) is 4.93. The van der Waals surface area contributed by atoms with E-state index in [9.17, 15) is 9.90 Å². The second-order valence-electron chi connectivity index (χ2n) is 6.06. The average molecular weight is 447 g/mol. The Kier molecular flexibility index (Phi) is 6.37. The third-order valence-corrected chi connectivity index (χ3v) is 4.46. The zero-order valence-corrected chi connectivity index (χ0v) is 17.0. The van der Waals surface area contributed by atoms with Gasteiger partial charge in [-0.25, -0.2) is 0 Å². The van der Waals surface area contributed by atoms with Crippen LogP contribution in [0.3, 0.4) is 0 Å². The van der Waals surface area contributed by atoms with Crippen molar-refractivity contribution in [3.8, 4) is 22.9 Å². The van der Waals surface area contributed by atoms with Gasteiger partial charge in [-0.15, -0.1) is 10.2 Å². The number of hydrogen-bond acceptors (Lipinski definition) is 7. The standard InChI is InChI=1S/C19H19BrN4O4/c1-12(25)14-5-8-17(18(9-14)27-2)28-11-16(26)10-24-22-19(21-23-24)13-3-6-15(20)7-4-13/h3-9,16,26H,10-11H2,1-2H3/t16-/m0/s1. The van der Waals surface area contributed by atoms with Crippen molar-refractivity contribution in [2.24, 2.45) is 0 Å². The predicted octanol–water partition coefficient (Wildman–Crippen LogP) is 2.75. The number of aromatic nitrogens is 4. The molecule has 0 fully saturated rings. The van der Waals surface area contributed by atoms with Crippen molar-refractivity contribution >= 4 is 21.7 Å². The molecule has 0 aliphatic rings. The van der Waals surface area contributed by atoms with Gasteiger partial charge < -0.3 is 14.6 Å². The van der Waals surface area contributed by atoms with Crippen molar-refractivity contribution in [3.63, 3.8) is 0 Å². The number of ketones is 1. The lowest BCUT2D eigenvalue weighted by atomic mass is 10.1. The summed E-state index contributed by atoms with van der Waals surface area (Å²) >= 11 is 3.38. The maximum absolute atomic E-state index is 11.5. The molecule has 3 aromatic rings. The van der Waals surface area contributed by atoms with E-state index in [2.05, 4.69) is 31.3 Å². The largest absolute Gasteiger partial charge is 0.493 e. The van der Waals surface area contributed by atoms with Crippen molar-refractivity contribution in [3.05, 3.63) is 52.5 Å². The van der Waals surface area contributed by atoms with E-state index < -0.39 is 6.10 Å². The lowest BCUT2D eigenvalue weighted by Gasteiger charge is -2.14. The molecule has 0 aliphatic carbocycles. The first kappa shape index (κ1) is 20.0. The van der Waals surface area contributed by atoms with Crippen LogP contribution in [0.15, 0.2) is 46.9 Å². The van der Waals surface area contributed by atoms with E-state index in [0.717, 1.165) is 10.0 Å². The van der Waals surface area contributed by atoms with Crippen molar-refractivity contribution in [2.45, 2.75) is 19.6 Å². The molecule has 9 heteroatoms. The lowest BCUT2D eigenvalue weighted by molar-refractivity contribution is 0.0835. The molecule has 146 valence electrons. The number of aliphatic hydroxyl groups is 1. The predicted molar refractivity (Wildman–Crippen MR) is 105 cm³/mol. The Labute approximate surface area is 170 Å². The number of hydrogen-bond donors (Lipinski definition) is 1. The Morgan fingerprint density at radius 3 is 2.64 bits per heavy atom. The van der Waals surface area contributed by atoms with Crippen LogP contribution in [-0.2, 0) is 6.54 Å². The highest BCUT2D eigenvalue weighted by atomic mass is 79.9. The number of methoxy groups -OCH3 is 1. The van der Waals surface area contributed by atoms with Crippen molar-refractivity contribution < 1.29 is 19.4 Å². The Morgan fingerprint density at radius 1 is 1.21 bits per heavy atom. The highest BCUT2D eigenvalue weighted by molar-refractivity contribution is 9.10. The molecule has 0 bridgehead atoms. The van der Waals surface area contributed by atoms with Crippen molar-refractivity contribution in [1.82, 2.24) is 20.2 Å². The first-order valence-electron chi connectivity index (χ1n) is 8.50. The molecule has 0 saturated heterocycles. The minimum absolute atomic E-state index is 0.00490. The number of Topliss-reactive ketones (excluding diaryl/α,β-unsaturated/α-hetero) is 1. The molecule has 0 aliphatic heterocycles. The van der Waals surface area contributed by atoms with Crippen LogP contribution >= 0.6 is 15.9 Å². The van der Waals surface area contributed by atoms with E-state index >= 15 is 0 Å². The van der Waals surface area contributed by atoms with Gasteiger partial charge >= 0.3 is 0 Å². The van der Waals surface area contributed by atoms with Gasteiger partial charge in [0, 0.05) is 15.6 Å². The molecule has 1 heterocycles. The molecule has 0 amide bonds. The van der Waals surface area contributed by atoms with Gasteiger partial charge in [-0.1, -0.05) is 15.9 Å². The van der Waals surface area contributed by atoms with E-state index in [1.165, 1.54) is 18.8 Å².